The highest BCUT2D eigenvalue weighted by Crippen LogP contribution is 2.36. The van der Waals surface area contributed by atoms with Crippen molar-refractivity contribution in [1.82, 2.24) is 4.90 Å². The fraction of sp³-hybridized carbons (Fsp3) is 0.321. The topological polar surface area (TPSA) is 88.6 Å². The van der Waals surface area contributed by atoms with E-state index >= 15 is 0 Å². The molecule has 0 radical (unpaired) electrons. The summed E-state index contributed by atoms with van der Waals surface area (Å²) in [5.74, 6) is 1.26. The summed E-state index contributed by atoms with van der Waals surface area (Å²) in [7, 11) is 0.492. The number of hydrogen-bond acceptors (Lipinski definition) is 7. The number of benzene rings is 3. The van der Waals surface area contributed by atoms with Gasteiger partial charge in [0, 0.05) is 37.9 Å². The molecule has 0 atom stereocenters. The Hall–Kier alpha value is -3.92. The van der Waals surface area contributed by atoms with Crippen LogP contribution in [0.5, 0.6) is 17.2 Å². The lowest BCUT2D eigenvalue weighted by atomic mass is 10.2. The zero-order valence-electron chi connectivity index (χ0n) is 22.1. The largest absolute Gasteiger partial charge is 0.497 e. The zero-order chi connectivity index (χ0) is 27.3. The van der Waals surface area contributed by atoms with Crippen LogP contribution >= 0.6 is 0 Å². The van der Waals surface area contributed by atoms with E-state index in [1.54, 1.807) is 54.5 Å². The molecular weight excluding hydrogens is 506 g/mol. The Morgan fingerprint density at radius 1 is 0.816 bits per heavy atom. The van der Waals surface area contributed by atoms with Gasteiger partial charge in [0.25, 0.3) is 10.0 Å². The molecule has 1 saturated heterocycles. The predicted octanol–water partition coefficient (Wildman–Crippen LogP) is 3.56. The Bertz CT molecular complexity index is 1350. The van der Waals surface area contributed by atoms with Gasteiger partial charge in [-0.15, -0.1) is 0 Å². The summed E-state index contributed by atoms with van der Waals surface area (Å²) in [5, 5.41) is 0. The number of aryl methyl sites for hydroxylation is 1. The summed E-state index contributed by atoms with van der Waals surface area (Å²) >= 11 is 0. The van der Waals surface area contributed by atoms with Crippen LogP contribution in [0.15, 0.2) is 71.6 Å². The van der Waals surface area contributed by atoms with Crippen molar-refractivity contribution in [3.63, 3.8) is 0 Å². The van der Waals surface area contributed by atoms with Crippen LogP contribution in [0, 0.1) is 6.92 Å². The van der Waals surface area contributed by atoms with E-state index in [2.05, 4.69) is 4.90 Å². The van der Waals surface area contributed by atoms with Gasteiger partial charge in [0.05, 0.1) is 31.9 Å². The van der Waals surface area contributed by atoms with Crippen molar-refractivity contribution in [2.45, 2.75) is 11.8 Å². The fourth-order valence-corrected chi connectivity index (χ4v) is 5.78. The van der Waals surface area contributed by atoms with Crippen molar-refractivity contribution in [2.24, 2.45) is 0 Å². The van der Waals surface area contributed by atoms with Gasteiger partial charge in [0.15, 0.2) is 0 Å². The van der Waals surface area contributed by atoms with Crippen molar-refractivity contribution in [2.75, 3.05) is 63.3 Å². The molecular formula is C28H33N3O6S. The lowest BCUT2D eigenvalue weighted by molar-refractivity contribution is -0.129. The minimum absolute atomic E-state index is 0.0881. The van der Waals surface area contributed by atoms with Gasteiger partial charge in [-0.05, 0) is 55.5 Å². The van der Waals surface area contributed by atoms with E-state index in [-0.39, 0.29) is 23.0 Å². The van der Waals surface area contributed by atoms with E-state index in [9.17, 15) is 13.2 Å². The number of sulfonamides is 1. The van der Waals surface area contributed by atoms with Crippen molar-refractivity contribution >= 4 is 27.3 Å². The Balaban J connectivity index is 1.59. The molecule has 0 unspecified atom stereocenters. The molecule has 38 heavy (non-hydrogen) atoms. The highest BCUT2D eigenvalue weighted by atomic mass is 32.2. The Morgan fingerprint density at radius 3 is 2.00 bits per heavy atom. The minimum atomic E-state index is -4.09. The number of carbonyl (C=O) groups excluding carboxylic acids is 1. The van der Waals surface area contributed by atoms with Crippen LogP contribution < -0.4 is 23.4 Å². The molecule has 0 bridgehead atoms. The Morgan fingerprint density at radius 2 is 1.42 bits per heavy atom. The van der Waals surface area contributed by atoms with Crippen molar-refractivity contribution in [1.29, 1.82) is 0 Å². The summed E-state index contributed by atoms with van der Waals surface area (Å²) in [4.78, 5) is 17.5. The first kappa shape index (κ1) is 27.1. The first-order chi connectivity index (χ1) is 18.3. The molecule has 0 aliphatic carbocycles. The molecule has 1 fully saturated rings. The molecule has 3 aromatic rings. The third-order valence-corrected chi connectivity index (χ3v) is 8.39. The average Bonchev–Trinajstić information content (AvgIpc) is 2.95. The van der Waals surface area contributed by atoms with Crippen LogP contribution in [-0.4, -0.2) is 73.3 Å². The Kier molecular flexibility index (Phi) is 8.31. The van der Waals surface area contributed by atoms with Crippen LogP contribution in [0.25, 0.3) is 0 Å². The minimum Gasteiger partial charge on any atom is -0.497 e. The molecule has 4 rings (SSSR count). The highest BCUT2D eigenvalue weighted by molar-refractivity contribution is 7.92. The van der Waals surface area contributed by atoms with E-state index in [1.165, 1.54) is 14.2 Å². The quantitative estimate of drug-likeness (QED) is 0.411. The van der Waals surface area contributed by atoms with Gasteiger partial charge in [-0.2, -0.15) is 0 Å². The maximum atomic E-state index is 13.9. The molecule has 0 spiro atoms. The Labute approximate surface area is 224 Å². The smallest absolute Gasteiger partial charge is 0.264 e. The molecule has 1 heterocycles. The first-order valence-corrected chi connectivity index (χ1v) is 13.7. The van der Waals surface area contributed by atoms with Crippen LogP contribution in [-0.2, 0) is 14.8 Å². The molecule has 10 heteroatoms. The van der Waals surface area contributed by atoms with Crippen LogP contribution in [0.2, 0.25) is 0 Å². The summed E-state index contributed by atoms with van der Waals surface area (Å²) in [6.07, 6.45) is 0. The summed E-state index contributed by atoms with van der Waals surface area (Å²) < 4.78 is 44.9. The van der Waals surface area contributed by atoms with Gasteiger partial charge >= 0.3 is 0 Å². The number of hydrogen-bond donors (Lipinski definition) is 0. The number of methoxy groups -OCH3 is 3. The van der Waals surface area contributed by atoms with Gasteiger partial charge < -0.3 is 24.0 Å². The number of ether oxygens (including phenoxy) is 3. The van der Waals surface area contributed by atoms with E-state index < -0.39 is 10.0 Å². The number of rotatable bonds is 9. The average molecular weight is 540 g/mol. The number of amides is 1. The van der Waals surface area contributed by atoms with Crippen molar-refractivity contribution in [3.8, 4) is 17.2 Å². The van der Waals surface area contributed by atoms with E-state index in [1.807, 2.05) is 31.2 Å². The molecule has 1 aliphatic rings. The van der Waals surface area contributed by atoms with Crippen molar-refractivity contribution < 1.29 is 27.4 Å². The maximum Gasteiger partial charge on any atom is 0.264 e. The summed E-state index contributed by atoms with van der Waals surface area (Å²) in [6.45, 7) is 3.71. The predicted molar refractivity (Wildman–Crippen MR) is 147 cm³/mol. The molecule has 0 aromatic heterocycles. The second kappa shape index (κ2) is 11.6. The summed E-state index contributed by atoms with van der Waals surface area (Å²) in [5.41, 5.74) is 2.21. The van der Waals surface area contributed by atoms with Crippen molar-refractivity contribution in [3.05, 3.63) is 72.3 Å². The van der Waals surface area contributed by atoms with Gasteiger partial charge in [0.2, 0.25) is 5.91 Å². The normalized spacial score (nSPS) is 13.7. The molecule has 3 aromatic carbocycles. The molecule has 9 nitrogen and oxygen atoms in total. The lowest BCUT2D eigenvalue weighted by Crippen LogP contribution is -2.52. The van der Waals surface area contributed by atoms with E-state index in [4.69, 9.17) is 14.2 Å². The lowest BCUT2D eigenvalue weighted by Gasteiger charge is -2.37. The van der Waals surface area contributed by atoms with Crippen LogP contribution in [0.1, 0.15) is 5.56 Å². The maximum absolute atomic E-state index is 13.9. The van der Waals surface area contributed by atoms with Crippen LogP contribution in [0.4, 0.5) is 11.4 Å². The summed E-state index contributed by atoms with van der Waals surface area (Å²) in [6, 6.07) is 19.2. The molecule has 1 aliphatic heterocycles. The van der Waals surface area contributed by atoms with Gasteiger partial charge in [-0.3, -0.25) is 9.10 Å². The number of piperazine rings is 1. The third-order valence-electron chi connectivity index (χ3n) is 6.61. The number of nitrogens with zero attached hydrogens (tertiary/aromatic N) is 3. The van der Waals surface area contributed by atoms with Gasteiger partial charge in [0.1, 0.15) is 23.8 Å². The number of carbonyl (C=O) groups is 1. The number of anilines is 2. The molecule has 0 N–H and O–H groups in total. The van der Waals surface area contributed by atoms with Gasteiger partial charge in [-0.25, -0.2) is 8.42 Å². The standard InChI is InChI=1S/C28H33N3O6S/c1-21-5-12-25(13-6-21)38(33,34)31(26-19-24(36-3)11-14-27(26)37-4)20-28(32)30-17-15-29(16-18-30)22-7-9-23(35-2)10-8-22/h5-14,19H,15-18,20H2,1-4H3. The monoisotopic (exact) mass is 539 g/mol. The molecule has 202 valence electrons. The second-order valence-electron chi connectivity index (χ2n) is 8.93. The second-order valence-corrected chi connectivity index (χ2v) is 10.8. The van der Waals surface area contributed by atoms with E-state index in [0.717, 1.165) is 21.3 Å². The fourth-order valence-electron chi connectivity index (χ4n) is 4.36. The third kappa shape index (κ3) is 5.80. The van der Waals surface area contributed by atoms with Crippen LogP contribution in [0.3, 0.4) is 0 Å². The first-order valence-electron chi connectivity index (χ1n) is 12.2. The van der Waals surface area contributed by atoms with Gasteiger partial charge in [-0.1, -0.05) is 17.7 Å². The molecule has 0 saturated carbocycles. The zero-order valence-corrected chi connectivity index (χ0v) is 22.9. The van der Waals surface area contributed by atoms with E-state index in [0.29, 0.717) is 37.7 Å². The molecule has 1 amide bonds. The highest BCUT2D eigenvalue weighted by Gasteiger charge is 2.32. The SMILES string of the molecule is COc1ccc(N2CCN(C(=O)CN(c3cc(OC)ccc3OC)S(=O)(=O)c3ccc(C)cc3)CC2)cc1.